The predicted octanol–water partition coefficient (Wildman–Crippen LogP) is 7.48. The van der Waals surface area contributed by atoms with Crippen molar-refractivity contribution >= 4 is 16.6 Å². The van der Waals surface area contributed by atoms with Crippen molar-refractivity contribution in [1.29, 1.82) is 0 Å². The Morgan fingerprint density at radius 3 is 0.852 bits per heavy atom. The quantitative estimate of drug-likeness (QED) is 0.200. The molecule has 0 aliphatic carbocycles. The Kier molecular flexibility index (Phi) is 15.4. The van der Waals surface area contributed by atoms with Crippen molar-refractivity contribution in [3.8, 4) is 0 Å². The molecule has 0 heterocycles. The summed E-state index contributed by atoms with van der Waals surface area (Å²) in [5, 5.41) is 0. The van der Waals surface area contributed by atoms with Crippen molar-refractivity contribution in [2.45, 2.75) is 116 Å². The van der Waals surface area contributed by atoms with Gasteiger partial charge in [-0.2, -0.15) is 0 Å². The van der Waals surface area contributed by atoms with E-state index in [4.69, 9.17) is 12.7 Å². The first-order valence-electron chi connectivity index (χ1n) is 11.4. The minimum absolute atomic E-state index is 1.17. The third-order valence-electron chi connectivity index (χ3n) is 5.42. The zero-order chi connectivity index (χ0) is 20.8. The third kappa shape index (κ3) is 9.12. The fourth-order valence-electron chi connectivity index (χ4n) is 4.59. The van der Waals surface area contributed by atoms with Gasteiger partial charge in [0.05, 0.1) is 0 Å². The van der Waals surface area contributed by atoms with Gasteiger partial charge in [-0.1, -0.05) is 0 Å². The summed E-state index contributed by atoms with van der Waals surface area (Å²) in [6.07, 6.45) is 7.00. The second-order valence-electron chi connectivity index (χ2n) is 7.98. The van der Waals surface area contributed by atoms with Crippen LogP contribution in [-0.2, 0) is 30.8 Å². The van der Waals surface area contributed by atoms with E-state index in [-0.39, 0.29) is 0 Å². The maximum absolute atomic E-state index is 7.03. The first-order valence-corrected chi connectivity index (χ1v) is 19.0. The van der Waals surface area contributed by atoms with Crippen LogP contribution in [-0.4, -0.2) is 30.9 Å². The topological polar surface area (TPSA) is 36.9 Å². The van der Waals surface area contributed by atoms with E-state index >= 15 is 0 Å². The van der Waals surface area contributed by atoms with Crippen LogP contribution < -0.4 is 0 Å². The molecule has 7 heteroatoms. The summed E-state index contributed by atoms with van der Waals surface area (Å²) in [5.74, 6) is 0. The van der Waals surface area contributed by atoms with Crippen LogP contribution >= 0.6 is 0 Å². The van der Waals surface area contributed by atoms with E-state index in [1.807, 2.05) is 0 Å². The molecule has 0 radical (unpaired) electrons. The van der Waals surface area contributed by atoms with E-state index in [9.17, 15) is 0 Å². The molecular weight excluding hydrogens is 408 g/mol. The molecule has 0 aromatic rings. The Morgan fingerprint density at radius 1 is 0.481 bits per heavy atom. The molecule has 0 saturated heterocycles. The van der Waals surface area contributed by atoms with Crippen LogP contribution in [0.4, 0.5) is 0 Å². The van der Waals surface area contributed by atoms with Gasteiger partial charge in [-0.3, -0.25) is 0 Å². The fraction of sp³-hybridized carbons (Fsp3) is 1.00. The molecule has 0 atom stereocenters. The minimum atomic E-state index is -3.74. The molecule has 0 bridgehead atoms. The summed E-state index contributed by atoms with van der Waals surface area (Å²) < 4.78 is 26.2. The van der Waals surface area contributed by atoms with Crippen molar-refractivity contribution in [3.63, 3.8) is 0 Å². The van der Waals surface area contributed by atoms with E-state index in [2.05, 4.69) is 41.5 Å². The Bertz CT molecular complexity index is 304. The van der Waals surface area contributed by atoms with Crippen molar-refractivity contribution in [2.24, 2.45) is 0 Å². The zero-order valence-electron chi connectivity index (χ0n) is 19.6. The van der Waals surface area contributed by atoms with Crippen molar-refractivity contribution in [1.82, 2.24) is 0 Å². The first kappa shape index (κ1) is 28.0. The molecule has 0 amide bonds. The summed E-state index contributed by atoms with van der Waals surface area (Å²) in [4.78, 5) is 0. The Morgan fingerprint density at radius 2 is 0.704 bits per heavy atom. The molecule has 4 nitrogen and oxygen atoms in total. The molecule has 0 N–H and O–H groups in total. The molecule has 0 rings (SSSR count). The van der Waals surface area contributed by atoms with E-state index in [1.54, 1.807) is 14.2 Å². The second kappa shape index (κ2) is 14.9. The van der Waals surface area contributed by atoms with Crippen molar-refractivity contribution < 1.29 is 30.8 Å². The molecule has 164 valence electrons. The zero-order valence-corrected chi connectivity index (χ0v) is 23.2. The van der Waals surface area contributed by atoms with Gasteiger partial charge in [0.1, 0.15) is 0 Å². The van der Waals surface area contributed by atoms with Crippen LogP contribution in [0.15, 0.2) is 0 Å². The average Bonchev–Trinajstić information content (AvgIpc) is 2.62. The average molecular weight is 457 g/mol. The third-order valence-corrected chi connectivity index (χ3v) is 23.2. The standard InChI is InChI=1S/2C9H21OSi.2CH3O.Ti/c2*1-4-7-11(10,8-5-2)9-6-3;2*1-2;/h2*4-9H2,1-3H3;2*1H3;/q4*-1;+4. The monoisotopic (exact) mass is 456 g/mol. The van der Waals surface area contributed by atoms with Crippen LogP contribution in [0.3, 0.4) is 0 Å². The van der Waals surface area contributed by atoms with Gasteiger partial charge in [0.2, 0.25) is 0 Å². The molecule has 0 aromatic heterocycles. The van der Waals surface area contributed by atoms with Crippen LogP contribution in [0.1, 0.15) is 80.1 Å². The molecule has 0 aromatic carbocycles. The van der Waals surface area contributed by atoms with Crippen molar-refractivity contribution in [2.75, 3.05) is 14.2 Å². The van der Waals surface area contributed by atoms with Crippen molar-refractivity contribution in [3.05, 3.63) is 0 Å². The van der Waals surface area contributed by atoms with Gasteiger partial charge in [0.25, 0.3) is 0 Å². The molecule has 0 aliphatic heterocycles. The van der Waals surface area contributed by atoms with Gasteiger partial charge in [0, 0.05) is 0 Å². The fourth-order valence-corrected chi connectivity index (χ4v) is 24.0. The second-order valence-corrected chi connectivity index (χ2v) is 20.9. The van der Waals surface area contributed by atoms with Crippen LogP contribution in [0.5, 0.6) is 0 Å². The van der Waals surface area contributed by atoms with Gasteiger partial charge >= 0.3 is 178 Å². The SMILES string of the molecule is CCC[Si](CCC)(CCC)[O][Ti]([O]C)([O]C)[O][Si](CCC)(CCC)CCC. The Hall–Kier alpha value is 0.988. The van der Waals surface area contributed by atoms with E-state index in [1.165, 1.54) is 74.8 Å². The first-order chi connectivity index (χ1) is 12.9. The normalized spacial score (nSPS) is 13.3. The van der Waals surface area contributed by atoms with Gasteiger partial charge < -0.3 is 0 Å². The van der Waals surface area contributed by atoms with Crippen LogP contribution in [0, 0.1) is 0 Å². The summed E-state index contributed by atoms with van der Waals surface area (Å²) in [6, 6.07) is 7.09. The molecule has 0 aliphatic rings. The van der Waals surface area contributed by atoms with Gasteiger partial charge in [0.15, 0.2) is 0 Å². The number of hydrogen-bond donors (Lipinski definition) is 0. The van der Waals surface area contributed by atoms with Crippen LogP contribution in [0.25, 0.3) is 0 Å². The van der Waals surface area contributed by atoms with Crippen LogP contribution in [0.2, 0.25) is 36.3 Å². The summed E-state index contributed by atoms with van der Waals surface area (Å²) in [5.41, 5.74) is 0. The predicted molar refractivity (Wildman–Crippen MR) is 118 cm³/mol. The Labute approximate surface area is 177 Å². The molecule has 0 saturated carbocycles. The summed E-state index contributed by atoms with van der Waals surface area (Å²) in [7, 11) is -0.303. The van der Waals surface area contributed by atoms with E-state index in [0.29, 0.717) is 0 Å². The molecule has 0 spiro atoms. The Balaban J connectivity index is 5.87. The molecule has 0 fully saturated rings. The summed E-state index contributed by atoms with van der Waals surface area (Å²) >= 11 is -3.74. The van der Waals surface area contributed by atoms with Gasteiger partial charge in [-0.15, -0.1) is 0 Å². The summed E-state index contributed by atoms with van der Waals surface area (Å²) in [6.45, 7) is 13.6. The molecule has 0 unspecified atom stereocenters. The molecular formula is C20H48O4Si2Ti. The number of rotatable bonds is 18. The van der Waals surface area contributed by atoms with E-state index in [0.717, 1.165) is 0 Å². The maximum atomic E-state index is 7.03. The number of hydrogen-bond acceptors (Lipinski definition) is 4. The van der Waals surface area contributed by atoms with Gasteiger partial charge in [-0.25, -0.2) is 0 Å². The van der Waals surface area contributed by atoms with E-state index < -0.39 is 34.8 Å². The van der Waals surface area contributed by atoms with Gasteiger partial charge in [-0.05, 0) is 0 Å². The molecule has 27 heavy (non-hydrogen) atoms.